The van der Waals surface area contributed by atoms with Crippen LogP contribution in [-0.4, -0.2) is 19.5 Å². The lowest BCUT2D eigenvalue weighted by molar-refractivity contribution is 0.112. The molecule has 2 heterocycles. The number of hydrogen-bond acceptors (Lipinski definition) is 3. The maximum absolute atomic E-state index is 10.6. The standard InChI is InChI=1S/C10H12O2S/c1-7-6-12-3-2-10-9(7)4-8(5-11)13-10/h4-5,7H,2-3,6H2,1H3. The zero-order chi connectivity index (χ0) is 9.26. The third kappa shape index (κ3) is 1.67. The van der Waals surface area contributed by atoms with Crippen molar-refractivity contribution in [3.05, 3.63) is 21.4 Å². The van der Waals surface area contributed by atoms with Crippen LogP contribution in [-0.2, 0) is 11.2 Å². The molecule has 0 spiro atoms. The average molecular weight is 196 g/mol. The van der Waals surface area contributed by atoms with Crippen molar-refractivity contribution in [2.45, 2.75) is 19.3 Å². The quantitative estimate of drug-likeness (QED) is 0.644. The Morgan fingerprint density at radius 3 is 3.31 bits per heavy atom. The molecule has 70 valence electrons. The maximum atomic E-state index is 10.6. The smallest absolute Gasteiger partial charge is 0.160 e. The summed E-state index contributed by atoms with van der Waals surface area (Å²) >= 11 is 1.60. The molecule has 0 bridgehead atoms. The van der Waals surface area contributed by atoms with Crippen molar-refractivity contribution in [3.63, 3.8) is 0 Å². The lowest BCUT2D eigenvalue weighted by atomic mass is 10.0. The first-order valence-corrected chi connectivity index (χ1v) is 5.28. The van der Waals surface area contributed by atoms with Crippen LogP contribution in [0.5, 0.6) is 0 Å². The first kappa shape index (κ1) is 8.91. The van der Waals surface area contributed by atoms with Crippen molar-refractivity contribution < 1.29 is 9.53 Å². The minimum Gasteiger partial charge on any atom is -0.380 e. The van der Waals surface area contributed by atoms with Crippen molar-refractivity contribution in [1.82, 2.24) is 0 Å². The highest BCUT2D eigenvalue weighted by atomic mass is 32.1. The lowest BCUT2D eigenvalue weighted by Gasteiger charge is -2.06. The third-order valence-electron chi connectivity index (χ3n) is 2.35. The topological polar surface area (TPSA) is 26.3 Å². The Labute approximate surface area is 81.5 Å². The third-order valence-corrected chi connectivity index (χ3v) is 3.49. The van der Waals surface area contributed by atoms with Crippen LogP contribution in [0.2, 0.25) is 0 Å². The molecule has 0 radical (unpaired) electrons. The number of ether oxygens (including phenoxy) is 1. The highest BCUT2D eigenvalue weighted by molar-refractivity contribution is 7.13. The van der Waals surface area contributed by atoms with Gasteiger partial charge in [0.1, 0.15) is 0 Å². The van der Waals surface area contributed by atoms with Crippen LogP contribution in [0.4, 0.5) is 0 Å². The second-order valence-corrected chi connectivity index (χ2v) is 4.54. The van der Waals surface area contributed by atoms with Gasteiger partial charge < -0.3 is 4.74 Å². The molecule has 1 aromatic rings. The monoisotopic (exact) mass is 196 g/mol. The van der Waals surface area contributed by atoms with Crippen molar-refractivity contribution >= 4 is 17.6 Å². The molecule has 0 aromatic carbocycles. The van der Waals surface area contributed by atoms with E-state index in [2.05, 4.69) is 6.92 Å². The molecule has 2 rings (SSSR count). The molecule has 1 aromatic heterocycles. The van der Waals surface area contributed by atoms with E-state index in [4.69, 9.17) is 4.74 Å². The van der Waals surface area contributed by atoms with Crippen molar-refractivity contribution in [1.29, 1.82) is 0 Å². The molecule has 1 aliphatic heterocycles. The van der Waals surface area contributed by atoms with Crippen LogP contribution in [0.1, 0.15) is 33.0 Å². The fraction of sp³-hybridized carbons (Fsp3) is 0.500. The van der Waals surface area contributed by atoms with Crippen molar-refractivity contribution in [2.75, 3.05) is 13.2 Å². The summed E-state index contributed by atoms with van der Waals surface area (Å²) in [5.74, 6) is 0.433. The van der Waals surface area contributed by atoms with E-state index in [1.54, 1.807) is 11.3 Å². The van der Waals surface area contributed by atoms with Gasteiger partial charge in [0.2, 0.25) is 0 Å². The predicted octanol–water partition coefficient (Wildman–Crippen LogP) is 2.24. The Balaban J connectivity index is 2.38. The first-order valence-electron chi connectivity index (χ1n) is 4.47. The van der Waals surface area contributed by atoms with E-state index in [-0.39, 0.29) is 0 Å². The Kier molecular flexibility index (Phi) is 2.47. The second kappa shape index (κ2) is 3.60. The van der Waals surface area contributed by atoms with Gasteiger partial charge in [0, 0.05) is 17.2 Å². The van der Waals surface area contributed by atoms with Crippen LogP contribution < -0.4 is 0 Å². The number of hydrogen-bond donors (Lipinski definition) is 0. The summed E-state index contributed by atoms with van der Waals surface area (Å²) < 4.78 is 5.44. The molecule has 1 atom stereocenters. The van der Waals surface area contributed by atoms with Crippen LogP contribution in [0.15, 0.2) is 6.07 Å². The Hall–Kier alpha value is -0.670. The lowest BCUT2D eigenvalue weighted by Crippen LogP contribution is -2.00. The van der Waals surface area contributed by atoms with Crippen LogP contribution in [0.3, 0.4) is 0 Å². The summed E-state index contributed by atoms with van der Waals surface area (Å²) in [4.78, 5) is 12.8. The van der Waals surface area contributed by atoms with Gasteiger partial charge in [-0.3, -0.25) is 4.79 Å². The van der Waals surface area contributed by atoms with Gasteiger partial charge >= 0.3 is 0 Å². The minimum atomic E-state index is 0.433. The molecule has 2 nitrogen and oxygen atoms in total. The molecule has 0 saturated carbocycles. The zero-order valence-corrected chi connectivity index (χ0v) is 8.39. The summed E-state index contributed by atoms with van der Waals surface area (Å²) in [7, 11) is 0. The van der Waals surface area contributed by atoms with Crippen LogP contribution >= 0.6 is 11.3 Å². The van der Waals surface area contributed by atoms with E-state index in [1.165, 1.54) is 10.4 Å². The van der Waals surface area contributed by atoms with Gasteiger partial charge in [-0.25, -0.2) is 0 Å². The number of aldehydes is 1. The molecule has 0 amide bonds. The van der Waals surface area contributed by atoms with E-state index in [9.17, 15) is 4.79 Å². The second-order valence-electron chi connectivity index (χ2n) is 3.37. The fourth-order valence-corrected chi connectivity index (χ4v) is 2.73. The minimum absolute atomic E-state index is 0.433. The van der Waals surface area contributed by atoms with Gasteiger partial charge in [-0.15, -0.1) is 11.3 Å². The van der Waals surface area contributed by atoms with Gasteiger partial charge in [-0.05, 0) is 11.6 Å². The van der Waals surface area contributed by atoms with E-state index < -0.39 is 0 Å². The summed E-state index contributed by atoms with van der Waals surface area (Å²) in [5, 5.41) is 0. The average Bonchev–Trinajstić information content (AvgIpc) is 2.48. The summed E-state index contributed by atoms with van der Waals surface area (Å²) in [6.07, 6.45) is 1.89. The van der Waals surface area contributed by atoms with Gasteiger partial charge in [-0.2, -0.15) is 0 Å². The molecule has 1 aliphatic rings. The van der Waals surface area contributed by atoms with Crippen LogP contribution in [0.25, 0.3) is 0 Å². The summed E-state index contributed by atoms with van der Waals surface area (Å²) in [5.41, 5.74) is 1.31. The number of thiophene rings is 1. The normalized spacial score (nSPS) is 22.1. The maximum Gasteiger partial charge on any atom is 0.160 e. The van der Waals surface area contributed by atoms with E-state index >= 15 is 0 Å². The van der Waals surface area contributed by atoms with Gasteiger partial charge in [0.05, 0.1) is 18.1 Å². The Morgan fingerprint density at radius 1 is 1.69 bits per heavy atom. The highest BCUT2D eigenvalue weighted by Gasteiger charge is 2.17. The highest BCUT2D eigenvalue weighted by Crippen LogP contribution is 2.30. The summed E-state index contributed by atoms with van der Waals surface area (Å²) in [6.45, 7) is 3.71. The van der Waals surface area contributed by atoms with E-state index in [0.29, 0.717) is 5.92 Å². The zero-order valence-electron chi connectivity index (χ0n) is 7.58. The molecule has 1 unspecified atom stereocenters. The van der Waals surface area contributed by atoms with Gasteiger partial charge in [0.25, 0.3) is 0 Å². The molecule has 0 aliphatic carbocycles. The largest absolute Gasteiger partial charge is 0.380 e. The molecule has 0 N–H and O–H groups in total. The van der Waals surface area contributed by atoms with E-state index in [1.807, 2.05) is 6.07 Å². The molecule has 3 heteroatoms. The first-order chi connectivity index (χ1) is 6.31. The molecule has 0 saturated heterocycles. The Bertz CT molecular complexity index is 317. The molecular weight excluding hydrogens is 184 g/mol. The van der Waals surface area contributed by atoms with Gasteiger partial charge in [0.15, 0.2) is 6.29 Å². The number of carbonyl (C=O) groups is 1. The van der Waals surface area contributed by atoms with E-state index in [0.717, 1.165) is 30.8 Å². The number of fused-ring (bicyclic) bond motifs is 1. The number of carbonyl (C=O) groups excluding carboxylic acids is 1. The molecule has 0 fully saturated rings. The van der Waals surface area contributed by atoms with Crippen molar-refractivity contribution in [3.8, 4) is 0 Å². The fourth-order valence-electron chi connectivity index (χ4n) is 1.65. The van der Waals surface area contributed by atoms with Crippen molar-refractivity contribution in [2.24, 2.45) is 0 Å². The molecular formula is C10H12O2S. The van der Waals surface area contributed by atoms with Gasteiger partial charge in [-0.1, -0.05) is 6.92 Å². The Morgan fingerprint density at radius 2 is 2.54 bits per heavy atom. The predicted molar refractivity (Wildman–Crippen MR) is 52.6 cm³/mol. The number of rotatable bonds is 1. The summed E-state index contributed by atoms with van der Waals surface area (Å²) in [6, 6.07) is 2.01. The SMILES string of the molecule is CC1COCCc2sc(C=O)cc21. The van der Waals surface area contributed by atoms with Crippen LogP contribution in [0, 0.1) is 0 Å². The molecule has 13 heavy (non-hydrogen) atoms.